The van der Waals surface area contributed by atoms with Crippen LogP contribution in [0.1, 0.15) is 18.0 Å². The predicted octanol–water partition coefficient (Wildman–Crippen LogP) is 0.214. The quantitative estimate of drug-likeness (QED) is 0.714. The summed E-state index contributed by atoms with van der Waals surface area (Å²) >= 11 is 0. The van der Waals surface area contributed by atoms with Crippen molar-refractivity contribution in [1.82, 2.24) is 15.1 Å². The summed E-state index contributed by atoms with van der Waals surface area (Å²) < 4.78 is 15.2. The van der Waals surface area contributed by atoms with Crippen molar-refractivity contribution in [2.75, 3.05) is 13.1 Å². The largest absolute Gasteiger partial charge is 0.326 e. The highest BCUT2D eigenvalue weighted by atomic mass is 19.1. The van der Waals surface area contributed by atoms with Gasteiger partial charge in [-0.05, 0) is 13.0 Å². The molecule has 0 radical (unpaired) electrons. The van der Waals surface area contributed by atoms with Crippen LogP contribution in [0.4, 0.5) is 4.39 Å². The summed E-state index contributed by atoms with van der Waals surface area (Å²) in [6, 6.07) is -0.128. The Morgan fingerprint density at radius 3 is 3.21 bits per heavy atom. The lowest BCUT2D eigenvalue weighted by Gasteiger charge is -2.26. The van der Waals surface area contributed by atoms with E-state index in [2.05, 4.69) is 10.4 Å². The number of alkyl halides is 1. The van der Waals surface area contributed by atoms with Gasteiger partial charge in [0.25, 0.3) is 0 Å². The average Bonchev–Trinajstić information content (AvgIpc) is 2.67. The molecule has 0 saturated carbocycles. The summed E-state index contributed by atoms with van der Waals surface area (Å²) in [5.74, 6) is 0. The van der Waals surface area contributed by atoms with Crippen LogP contribution < -0.4 is 11.1 Å². The number of piperidine rings is 1. The summed E-state index contributed by atoms with van der Waals surface area (Å²) in [5.41, 5.74) is 6.42. The molecule has 0 bridgehead atoms. The van der Waals surface area contributed by atoms with Crippen molar-refractivity contribution in [2.24, 2.45) is 5.73 Å². The fourth-order valence-corrected chi connectivity index (χ4v) is 1.77. The topological polar surface area (TPSA) is 55.9 Å². The highest BCUT2D eigenvalue weighted by Crippen LogP contribution is 2.21. The minimum Gasteiger partial charge on any atom is -0.326 e. The summed E-state index contributed by atoms with van der Waals surface area (Å²) in [7, 11) is 0. The standard InChI is InChI=1S/C9H15FN4/c10-8-5-12-2-1-9(8)14-6-7(3-11)4-13-14/h4,6,8-9,12H,1-3,5,11H2. The molecule has 0 aliphatic carbocycles. The Labute approximate surface area is 82.3 Å². The van der Waals surface area contributed by atoms with Crippen LogP contribution in [0.3, 0.4) is 0 Å². The number of hydrogen-bond acceptors (Lipinski definition) is 3. The van der Waals surface area contributed by atoms with Gasteiger partial charge in [-0.15, -0.1) is 0 Å². The maximum absolute atomic E-state index is 13.5. The normalized spacial score (nSPS) is 27.9. The maximum atomic E-state index is 13.5. The highest BCUT2D eigenvalue weighted by Gasteiger charge is 2.26. The summed E-state index contributed by atoms with van der Waals surface area (Å²) in [5, 5.41) is 7.14. The van der Waals surface area contributed by atoms with Gasteiger partial charge >= 0.3 is 0 Å². The second-order valence-corrected chi connectivity index (χ2v) is 3.61. The first-order valence-electron chi connectivity index (χ1n) is 4.89. The van der Waals surface area contributed by atoms with Gasteiger partial charge in [0.05, 0.1) is 12.2 Å². The molecule has 5 heteroatoms. The Morgan fingerprint density at radius 2 is 2.57 bits per heavy atom. The lowest BCUT2D eigenvalue weighted by Crippen LogP contribution is -2.39. The van der Waals surface area contributed by atoms with E-state index in [-0.39, 0.29) is 6.04 Å². The molecule has 0 amide bonds. The Kier molecular flexibility index (Phi) is 2.79. The molecule has 1 aliphatic rings. The van der Waals surface area contributed by atoms with E-state index in [0.29, 0.717) is 13.1 Å². The summed E-state index contributed by atoms with van der Waals surface area (Å²) in [6.07, 6.45) is 3.47. The Hall–Kier alpha value is -0.940. The Bertz CT molecular complexity index is 299. The predicted molar refractivity (Wildman–Crippen MR) is 51.5 cm³/mol. The van der Waals surface area contributed by atoms with Gasteiger partial charge in [-0.2, -0.15) is 5.10 Å². The van der Waals surface area contributed by atoms with Gasteiger partial charge in [-0.3, -0.25) is 4.68 Å². The second kappa shape index (κ2) is 4.06. The van der Waals surface area contributed by atoms with Crippen LogP contribution in [0.5, 0.6) is 0 Å². The average molecular weight is 198 g/mol. The van der Waals surface area contributed by atoms with E-state index in [1.54, 1.807) is 10.9 Å². The van der Waals surface area contributed by atoms with Gasteiger partial charge in [0.1, 0.15) is 6.17 Å². The van der Waals surface area contributed by atoms with Crippen LogP contribution >= 0.6 is 0 Å². The molecule has 4 nitrogen and oxygen atoms in total. The van der Waals surface area contributed by atoms with E-state index in [1.165, 1.54) is 0 Å². The number of nitrogens with two attached hydrogens (primary N) is 1. The first-order chi connectivity index (χ1) is 6.81. The van der Waals surface area contributed by atoms with Crippen LogP contribution in [-0.4, -0.2) is 29.0 Å². The fourth-order valence-electron chi connectivity index (χ4n) is 1.77. The van der Waals surface area contributed by atoms with Crippen molar-refractivity contribution in [2.45, 2.75) is 25.2 Å². The van der Waals surface area contributed by atoms with Crippen LogP contribution in [0.25, 0.3) is 0 Å². The molecule has 3 N–H and O–H groups in total. The lowest BCUT2D eigenvalue weighted by atomic mass is 10.1. The summed E-state index contributed by atoms with van der Waals surface area (Å²) in [4.78, 5) is 0. The van der Waals surface area contributed by atoms with Crippen LogP contribution in [0.15, 0.2) is 12.4 Å². The molecule has 1 aromatic heterocycles. The smallest absolute Gasteiger partial charge is 0.135 e. The number of nitrogens with zero attached hydrogens (tertiary/aromatic N) is 2. The molecule has 2 unspecified atom stereocenters. The molecule has 14 heavy (non-hydrogen) atoms. The second-order valence-electron chi connectivity index (χ2n) is 3.61. The molecule has 1 aliphatic heterocycles. The third-order valence-electron chi connectivity index (χ3n) is 2.60. The number of hydrogen-bond donors (Lipinski definition) is 2. The zero-order valence-corrected chi connectivity index (χ0v) is 7.99. The SMILES string of the molecule is NCc1cnn(C2CCNCC2F)c1. The number of halogens is 1. The van der Waals surface area contributed by atoms with Crippen molar-refractivity contribution in [3.8, 4) is 0 Å². The molecule has 1 fully saturated rings. The van der Waals surface area contributed by atoms with Crippen LogP contribution in [0, 0.1) is 0 Å². The van der Waals surface area contributed by atoms with Crippen molar-refractivity contribution in [1.29, 1.82) is 0 Å². The van der Waals surface area contributed by atoms with Gasteiger partial charge < -0.3 is 11.1 Å². The molecule has 1 saturated heterocycles. The van der Waals surface area contributed by atoms with E-state index in [1.807, 2.05) is 6.20 Å². The van der Waals surface area contributed by atoms with E-state index in [9.17, 15) is 4.39 Å². The minimum absolute atomic E-state index is 0.128. The van der Waals surface area contributed by atoms with Gasteiger partial charge in [-0.25, -0.2) is 4.39 Å². The molecular weight excluding hydrogens is 183 g/mol. The fraction of sp³-hybridized carbons (Fsp3) is 0.667. The van der Waals surface area contributed by atoms with E-state index < -0.39 is 6.17 Å². The van der Waals surface area contributed by atoms with Crippen molar-refractivity contribution >= 4 is 0 Å². The molecule has 2 atom stereocenters. The number of rotatable bonds is 2. The lowest BCUT2D eigenvalue weighted by molar-refractivity contribution is 0.173. The molecule has 0 spiro atoms. The third kappa shape index (κ3) is 1.78. The minimum atomic E-state index is -0.853. The van der Waals surface area contributed by atoms with Crippen molar-refractivity contribution in [3.63, 3.8) is 0 Å². The number of nitrogens with one attached hydrogen (secondary N) is 1. The molecule has 78 valence electrons. The van der Waals surface area contributed by atoms with Gasteiger partial charge in [0.15, 0.2) is 0 Å². The zero-order valence-electron chi connectivity index (χ0n) is 7.99. The van der Waals surface area contributed by atoms with Crippen molar-refractivity contribution < 1.29 is 4.39 Å². The Balaban J connectivity index is 2.12. The van der Waals surface area contributed by atoms with Gasteiger partial charge in [0.2, 0.25) is 0 Å². The van der Waals surface area contributed by atoms with E-state index in [4.69, 9.17) is 5.73 Å². The molecule has 0 aromatic carbocycles. The summed E-state index contributed by atoms with van der Waals surface area (Å²) in [6.45, 7) is 1.73. The third-order valence-corrected chi connectivity index (χ3v) is 2.60. The van der Waals surface area contributed by atoms with Gasteiger partial charge in [0, 0.05) is 24.8 Å². The molecule has 1 aromatic rings. The number of aromatic nitrogens is 2. The monoisotopic (exact) mass is 198 g/mol. The first kappa shape index (κ1) is 9.61. The first-order valence-corrected chi connectivity index (χ1v) is 4.89. The van der Waals surface area contributed by atoms with Crippen molar-refractivity contribution in [3.05, 3.63) is 18.0 Å². The van der Waals surface area contributed by atoms with Crippen LogP contribution in [0.2, 0.25) is 0 Å². The highest BCUT2D eigenvalue weighted by molar-refractivity contribution is 5.04. The zero-order chi connectivity index (χ0) is 9.97. The molecule has 2 heterocycles. The van der Waals surface area contributed by atoms with E-state index in [0.717, 1.165) is 18.5 Å². The molecule has 2 rings (SSSR count). The van der Waals surface area contributed by atoms with E-state index >= 15 is 0 Å². The Morgan fingerprint density at radius 1 is 1.71 bits per heavy atom. The van der Waals surface area contributed by atoms with Gasteiger partial charge in [-0.1, -0.05) is 0 Å². The maximum Gasteiger partial charge on any atom is 0.135 e. The molecular formula is C9H15FN4. The van der Waals surface area contributed by atoms with Crippen LogP contribution in [-0.2, 0) is 6.54 Å².